The maximum Gasteiger partial charge on any atom is 0.246 e. The van der Waals surface area contributed by atoms with Crippen LogP contribution in [0.15, 0.2) is 36.9 Å². The Hall–Kier alpha value is -2.30. The van der Waals surface area contributed by atoms with Crippen molar-refractivity contribution in [1.82, 2.24) is 9.80 Å². The number of carbonyl (C=O) groups is 2. The highest BCUT2D eigenvalue weighted by atomic mass is 16.5. The van der Waals surface area contributed by atoms with E-state index in [0.29, 0.717) is 19.6 Å². The molecule has 2 rings (SSSR count). The standard InChI is InChI=1S/C18H24N2O3/c1-4-18(22)20(13-15-6-5-7-17(12-15)23-3)16-8-10-19(11-9-16)14(2)21/h4-7,12,16H,1,8-11,13H2,2-3H3. The van der Waals surface area contributed by atoms with Crippen LogP contribution >= 0.6 is 0 Å². The van der Waals surface area contributed by atoms with E-state index in [2.05, 4.69) is 6.58 Å². The lowest BCUT2D eigenvalue weighted by Crippen LogP contribution is -2.47. The molecule has 0 aromatic heterocycles. The Morgan fingerprint density at radius 1 is 1.39 bits per heavy atom. The maximum absolute atomic E-state index is 12.3. The molecule has 0 aliphatic carbocycles. The molecule has 1 heterocycles. The molecule has 1 aromatic rings. The zero-order valence-electron chi connectivity index (χ0n) is 13.8. The van der Waals surface area contributed by atoms with Crippen LogP contribution in [0, 0.1) is 0 Å². The number of amides is 2. The van der Waals surface area contributed by atoms with Gasteiger partial charge in [0.15, 0.2) is 0 Å². The van der Waals surface area contributed by atoms with Crippen LogP contribution in [0.3, 0.4) is 0 Å². The molecular weight excluding hydrogens is 292 g/mol. The minimum atomic E-state index is -0.0749. The molecule has 2 amide bonds. The number of rotatable bonds is 5. The van der Waals surface area contributed by atoms with E-state index in [1.807, 2.05) is 34.1 Å². The third-order valence-corrected chi connectivity index (χ3v) is 4.30. The molecule has 0 radical (unpaired) electrons. The molecule has 0 spiro atoms. The van der Waals surface area contributed by atoms with Gasteiger partial charge < -0.3 is 14.5 Å². The molecule has 1 aliphatic rings. The summed E-state index contributed by atoms with van der Waals surface area (Å²) < 4.78 is 5.24. The molecule has 5 heteroatoms. The summed E-state index contributed by atoms with van der Waals surface area (Å²) in [6.07, 6.45) is 2.95. The summed E-state index contributed by atoms with van der Waals surface area (Å²) in [5.41, 5.74) is 1.02. The minimum Gasteiger partial charge on any atom is -0.497 e. The summed E-state index contributed by atoms with van der Waals surface area (Å²) in [5.74, 6) is 0.798. The number of carbonyl (C=O) groups excluding carboxylic acids is 2. The quantitative estimate of drug-likeness (QED) is 0.783. The Balaban J connectivity index is 2.10. The van der Waals surface area contributed by atoms with Gasteiger partial charge in [-0.3, -0.25) is 9.59 Å². The van der Waals surface area contributed by atoms with Crippen molar-refractivity contribution in [2.75, 3.05) is 20.2 Å². The minimum absolute atomic E-state index is 0.0749. The summed E-state index contributed by atoms with van der Waals surface area (Å²) in [6, 6.07) is 7.85. The van der Waals surface area contributed by atoms with Gasteiger partial charge in [0.05, 0.1) is 7.11 Å². The first kappa shape index (κ1) is 17.1. The molecule has 0 unspecified atom stereocenters. The number of likely N-dealkylation sites (tertiary alicyclic amines) is 1. The van der Waals surface area contributed by atoms with Crippen molar-refractivity contribution in [1.29, 1.82) is 0 Å². The van der Waals surface area contributed by atoms with E-state index in [0.717, 1.165) is 24.2 Å². The van der Waals surface area contributed by atoms with Gasteiger partial charge in [-0.05, 0) is 36.6 Å². The molecule has 124 valence electrons. The lowest BCUT2D eigenvalue weighted by molar-refractivity contribution is -0.133. The van der Waals surface area contributed by atoms with Crippen LogP contribution in [0.25, 0.3) is 0 Å². The van der Waals surface area contributed by atoms with Crippen LogP contribution in [0.5, 0.6) is 5.75 Å². The third kappa shape index (κ3) is 4.34. The fourth-order valence-electron chi connectivity index (χ4n) is 2.96. The Morgan fingerprint density at radius 2 is 2.09 bits per heavy atom. The second-order valence-electron chi connectivity index (χ2n) is 5.76. The van der Waals surface area contributed by atoms with Crippen molar-refractivity contribution in [3.8, 4) is 5.75 Å². The number of piperidine rings is 1. The van der Waals surface area contributed by atoms with Crippen molar-refractivity contribution in [2.24, 2.45) is 0 Å². The van der Waals surface area contributed by atoms with Crippen molar-refractivity contribution >= 4 is 11.8 Å². The van der Waals surface area contributed by atoms with E-state index < -0.39 is 0 Å². The molecule has 1 fully saturated rings. The van der Waals surface area contributed by atoms with E-state index in [4.69, 9.17) is 4.74 Å². The second kappa shape index (κ2) is 7.81. The van der Waals surface area contributed by atoms with Gasteiger partial charge in [0, 0.05) is 32.6 Å². The summed E-state index contributed by atoms with van der Waals surface area (Å²) >= 11 is 0. The Bertz CT molecular complexity index is 577. The topological polar surface area (TPSA) is 49.9 Å². The van der Waals surface area contributed by atoms with Gasteiger partial charge >= 0.3 is 0 Å². The highest BCUT2D eigenvalue weighted by Gasteiger charge is 2.27. The third-order valence-electron chi connectivity index (χ3n) is 4.30. The molecular formula is C18H24N2O3. The van der Waals surface area contributed by atoms with Crippen molar-refractivity contribution in [2.45, 2.75) is 32.4 Å². The number of benzene rings is 1. The van der Waals surface area contributed by atoms with E-state index >= 15 is 0 Å². The molecule has 1 aliphatic heterocycles. The molecule has 5 nitrogen and oxygen atoms in total. The molecule has 0 bridgehead atoms. The first-order valence-electron chi connectivity index (χ1n) is 7.86. The van der Waals surface area contributed by atoms with E-state index in [1.54, 1.807) is 14.0 Å². The Labute approximate surface area is 137 Å². The zero-order valence-corrected chi connectivity index (χ0v) is 13.8. The number of hydrogen-bond donors (Lipinski definition) is 0. The van der Waals surface area contributed by atoms with E-state index in [9.17, 15) is 9.59 Å². The predicted molar refractivity (Wildman–Crippen MR) is 89.0 cm³/mol. The second-order valence-corrected chi connectivity index (χ2v) is 5.76. The van der Waals surface area contributed by atoms with Gasteiger partial charge in [-0.25, -0.2) is 0 Å². The number of nitrogens with zero attached hydrogens (tertiary/aromatic N) is 2. The first-order valence-corrected chi connectivity index (χ1v) is 7.86. The zero-order chi connectivity index (χ0) is 16.8. The van der Waals surface area contributed by atoms with Gasteiger partial charge in [0.2, 0.25) is 11.8 Å². The predicted octanol–water partition coefficient (Wildman–Crippen LogP) is 2.22. The molecule has 0 N–H and O–H groups in total. The average molecular weight is 316 g/mol. The number of ether oxygens (including phenoxy) is 1. The van der Waals surface area contributed by atoms with Crippen molar-refractivity contribution < 1.29 is 14.3 Å². The molecule has 1 saturated heterocycles. The lowest BCUT2D eigenvalue weighted by atomic mass is 10.0. The Kier molecular flexibility index (Phi) is 5.79. The monoisotopic (exact) mass is 316 g/mol. The molecule has 1 aromatic carbocycles. The highest BCUT2D eigenvalue weighted by molar-refractivity contribution is 5.87. The van der Waals surface area contributed by atoms with E-state index in [1.165, 1.54) is 6.08 Å². The van der Waals surface area contributed by atoms with E-state index in [-0.39, 0.29) is 17.9 Å². The fourth-order valence-corrected chi connectivity index (χ4v) is 2.96. The largest absolute Gasteiger partial charge is 0.497 e. The summed E-state index contributed by atoms with van der Waals surface area (Å²) in [5, 5.41) is 0. The summed E-state index contributed by atoms with van der Waals surface area (Å²) in [7, 11) is 1.63. The van der Waals surface area contributed by atoms with Gasteiger partial charge in [-0.15, -0.1) is 0 Å². The number of methoxy groups -OCH3 is 1. The van der Waals surface area contributed by atoms with Crippen LogP contribution in [-0.4, -0.2) is 47.9 Å². The van der Waals surface area contributed by atoms with Crippen molar-refractivity contribution in [3.63, 3.8) is 0 Å². The van der Waals surface area contributed by atoms with Crippen LogP contribution in [-0.2, 0) is 16.1 Å². The highest BCUT2D eigenvalue weighted by Crippen LogP contribution is 2.21. The normalized spacial score (nSPS) is 15.1. The van der Waals surface area contributed by atoms with Crippen LogP contribution in [0.2, 0.25) is 0 Å². The van der Waals surface area contributed by atoms with Crippen molar-refractivity contribution in [3.05, 3.63) is 42.5 Å². The summed E-state index contributed by atoms with van der Waals surface area (Å²) in [4.78, 5) is 27.4. The molecule has 0 saturated carbocycles. The number of hydrogen-bond acceptors (Lipinski definition) is 3. The SMILES string of the molecule is C=CC(=O)N(Cc1cccc(OC)c1)C1CCN(C(C)=O)CC1. The smallest absolute Gasteiger partial charge is 0.246 e. The Morgan fingerprint density at radius 3 is 2.65 bits per heavy atom. The summed E-state index contributed by atoms with van der Waals surface area (Å²) in [6.45, 7) is 7.11. The van der Waals surface area contributed by atoms with Gasteiger partial charge in [-0.1, -0.05) is 18.7 Å². The lowest BCUT2D eigenvalue weighted by Gasteiger charge is -2.38. The van der Waals surface area contributed by atoms with Gasteiger partial charge in [0.25, 0.3) is 0 Å². The van der Waals surface area contributed by atoms with Gasteiger partial charge in [-0.2, -0.15) is 0 Å². The average Bonchev–Trinajstić information content (AvgIpc) is 2.59. The molecule has 23 heavy (non-hydrogen) atoms. The fraction of sp³-hybridized carbons (Fsp3) is 0.444. The van der Waals surface area contributed by atoms with Crippen LogP contribution in [0.4, 0.5) is 0 Å². The van der Waals surface area contributed by atoms with Gasteiger partial charge in [0.1, 0.15) is 5.75 Å². The molecule has 0 atom stereocenters. The van der Waals surface area contributed by atoms with Crippen LogP contribution < -0.4 is 4.74 Å². The first-order chi connectivity index (χ1) is 11.0. The van der Waals surface area contributed by atoms with Crippen LogP contribution in [0.1, 0.15) is 25.3 Å². The maximum atomic E-state index is 12.3.